The number of hydrogen-bond donors (Lipinski definition) is 2. The molecule has 1 aliphatic rings. The second-order valence-electron chi connectivity index (χ2n) is 8.26. The van der Waals surface area contributed by atoms with Crippen LogP contribution in [0.4, 0.5) is 8.78 Å². The fraction of sp³-hybridized carbons (Fsp3) is 0.958. The molecule has 0 aromatic rings. The third kappa shape index (κ3) is 25.3. The minimum Gasteiger partial charge on any atom is -0.481 e. The molecule has 4 nitrogen and oxygen atoms in total. The average molecular weight is 439 g/mol. The van der Waals surface area contributed by atoms with Gasteiger partial charge in [0.05, 0.1) is 0 Å². The van der Waals surface area contributed by atoms with Gasteiger partial charge in [0, 0.05) is 25.9 Å². The molecule has 0 spiro atoms. The van der Waals surface area contributed by atoms with E-state index in [1.807, 2.05) is 13.8 Å². The number of hydrogen-bond acceptors (Lipinski definition) is 3. The number of rotatable bonds is 14. The summed E-state index contributed by atoms with van der Waals surface area (Å²) in [6.07, 6.45) is 12.6. The lowest BCUT2D eigenvalue weighted by molar-refractivity contribution is -0.137. The van der Waals surface area contributed by atoms with Crippen LogP contribution in [0.5, 0.6) is 0 Å². The Kier molecular flexibility index (Phi) is 22.5. The Labute approximate surface area is 183 Å². The fourth-order valence-corrected chi connectivity index (χ4v) is 3.45. The molecule has 1 aliphatic carbocycles. The van der Waals surface area contributed by atoms with Crippen LogP contribution in [0.3, 0.4) is 0 Å². The molecule has 0 aromatic carbocycles. The molecule has 0 aliphatic heterocycles. The summed E-state index contributed by atoms with van der Waals surface area (Å²) < 4.78 is 31.2. The van der Waals surface area contributed by atoms with E-state index in [0.717, 1.165) is 44.4 Å². The Bertz CT molecular complexity index is 370. The van der Waals surface area contributed by atoms with Crippen molar-refractivity contribution in [1.29, 1.82) is 0 Å². The van der Waals surface area contributed by atoms with Crippen molar-refractivity contribution in [1.82, 2.24) is 0 Å². The van der Waals surface area contributed by atoms with Crippen LogP contribution in [0.1, 0.15) is 124 Å². The Morgan fingerprint density at radius 1 is 1.00 bits per heavy atom. The minimum absolute atomic E-state index is 0.0914. The molecule has 6 heteroatoms. The summed E-state index contributed by atoms with van der Waals surface area (Å²) in [4.78, 5) is 9.96. The van der Waals surface area contributed by atoms with E-state index in [-0.39, 0.29) is 12.8 Å². The molecular formula is C24H48F2O4. The normalized spacial score (nSPS) is 15.0. The zero-order valence-electron chi connectivity index (χ0n) is 19.9. The predicted octanol–water partition coefficient (Wildman–Crippen LogP) is 7.58. The van der Waals surface area contributed by atoms with Gasteiger partial charge in [-0.3, -0.25) is 4.79 Å². The van der Waals surface area contributed by atoms with Crippen LogP contribution in [0.25, 0.3) is 0 Å². The third-order valence-corrected chi connectivity index (χ3v) is 5.18. The maximum Gasteiger partial charge on any atom is 0.303 e. The zero-order valence-corrected chi connectivity index (χ0v) is 19.9. The number of unbranched alkanes of at least 4 members (excludes halogenated alkanes) is 4. The summed E-state index contributed by atoms with van der Waals surface area (Å²) in [7, 11) is 0. The van der Waals surface area contributed by atoms with Gasteiger partial charge in [-0.2, -0.15) is 0 Å². The first kappa shape index (κ1) is 31.4. The second kappa shape index (κ2) is 21.5. The smallest absolute Gasteiger partial charge is 0.303 e. The van der Waals surface area contributed by atoms with Crippen molar-refractivity contribution in [3.8, 4) is 0 Å². The van der Waals surface area contributed by atoms with E-state index in [1.54, 1.807) is 6.92 Å². The van der Waals surface area contributed by atoms with Gasteiger partial charge in [0.15, 0.2) is 6.29 Å². The molecule has 2 N–H and O–H groups in total. The molecule has 182 valence electrons. The zero-order chi connectivity index (χ0) is 23.3. The van der Waals surface area contributed by atoms with Gasteiger partial charge in [-0.25, -0.2) is 8.78 Å². The molecule has 0 radical (unpaired) electrons. The topological polar surface area (TPSA) is 66.8 Å². The number of halogens is 2. The van der Waals surface area contributed by atoms with Crippen LogP contribution in [0, 0.1) is 5.92 Å². The predicted molar refractivity (Wildman–Crippen MR) is 120 cm³/mol. The molecule has 1 atom stereocenters. The molecule has 1 fully saturated rings. The maximum atomic E-state index is 13.3. The summed E-state index contributed by atoms with van der Waals surface area (Å²) in [6, 6.07) is 0. The van der Waals surface area contributed by atoms with E-state index in [4.69, 9.17) is 10.2 Å². The standard InChI is InChI=1S/C13H24F2.C7H14O2.C4H10O2/c1-2-3-10-13(14,15)11-6-9-12-7-4-5-8-12;1-2-3-4-5-6-7(8)9;1-3-6-4(2)5/h12H,2-11H2,1H3;2-6H2,1H3,(H,8,9);4-5H,3H2,1-2H3. The summed E-state index contributed by atoms with van der Waals surface area (Å²) in [5.74, 6) is -2.31. The quantitative estimate of drug-likeness (QED) is 0.217. The second-order valence-corrected chi connectivity index (χ2v) is 8.26. The first-order chi connectivity index (χ1) is 14.2. The van der Waals surface area contributed by atoms with E-state index in [2.05, 4.69) is 11.7 Å². The van der Waals surface area contributed by atoms with Crippen LogP contribution in [-0.4, -0.2) is 35.0 Å². The lowest BCUT2D eigenvalue weighted by atomic mass is 9.97. The number of alkyl halides is 2. The number of aliphatic hydroxyl groups is 1. The molecule has 1 saturated carbocycles. The summed E-state index contributed by atoms with van der Waals surface area (Å²) >= 11 is 0. The van der Waals surface area contributed by atoms with Crippen molar-refractivity contribution in [2.75, 3.05) is 6.61 Å². The first-order valence-electron chi connectivity index (χ1n) is 12.1. The number of aliphatic carboxylic acids is 1. The highest BCUT2D eigenvalue weighted by atomic mass is 19.3. The van der Waals surface area contributed by atoms with Gasteiger partial charge in [0.1, 0.15) is 0 Å². The Morgan fingerprint density at radius 2 is 1.57 bits per heavy atom. The van der Waals surface area contributed by atoms with Crippen LogP contribution in [0.15, 0.2) is 0 Å². The van der Waals surface area contributed by atoms with Gasteiger partial charge in [-0.05, 0) is 39.0 Å². The highest BCUT2D eigenvalue weighted by Gasteiger charge is 2.27. The number of carboxylic acid groups (broad SMARTS) is 1. The highest BCUT2D eigenvalue weighted by molar-refractivity contribution is 5.66. The van der Waals surface area contributed by atoms with Gasteiger partial charge in [0.25, 0.3) is 0 Å². The van der Waals surface area contributed by atoms with E-state index < -0.39 is 18.2 Å². The summed E-state index contributed by atoms with van der Waals surface area (Å²) in [5.41, 5.74) is 0. The van der Waals surface area contributed by atoms with Crippen LogP contribution in [0.2, 0.25) is 0 Å². The van der Waals surface area contributed by atoms with Crippen molar-refractivity contribution in [3.05, 3.63) is 0 Å². The van der Waals surface area contributed by atoms with Crippen molar-refractivity contribution < 1.29 is 28.5 Å². The lowest BCUT2D eigenvalue weighted by Gasteiger charge is -2.16. The molecular weight excluding hydrogens is 390 g/mol. The minimum atomic E-state index is -2.39. The summed E-state index contributed by atoms with van der Waals surface area (Å²) in [6.45, 7) is 8.09. The van der Waals surface area contributed by atoms with Crippen molar-refractivity contribution in [3.63, 3.8) is 0 Å². The lowest BCUT2D eigenvalue weighted by Crippen LogP contribution is -2.15. The molecule has 0 amide bonds. The van der Waals surface area contributed by atoms with Crippen molar-refractivity contribution >= 4 is 5.97 Å². The van der Waals surface area contributed by atoms with Gasteiger partial charge in [-0.1, -0.05) is 71.6 Å². The van der Waals surface area contributed by atoms with Gasteiger partial charge < -0.3 is 14.9 Å². The van der Waals surface area contributed by atoms with Crippen LogP contribution in [-0.2, 0) is 9.53 Å². The Hall–Kier alpha value is -0.750. The van der Waals surface area contributed by atoms with Crippen molar-refractivity contribution in [2.45, 2.75) is 136 Å². The third-order valence-electron chi connectivity index (χ3n) is 5.18. The monoisotopic (exact) mass is 438 g/mol. The van der Waals surface area contributed by atoms with Crippen molar-refractivity contribution in [2.24, 2.45) is 5.92 Å². The molecule has 1 rings (SSSR count). The molecule has 30 heavy (non-hydrogen) atoms. The maximum absolute atomic E-state index is 13.3. The van der Waals surface area contributed by atoms with Gasteiger partial charge in [0.2, 0.25) is 5.92 Å². The first-order valence-corrected chi connectivity index (χ1v) is 12.1. The van der Waals surface area contributed by atoms with E-state index >= 15 is 0 Å². The largest absolute Gasteiger partial charge is 0.481 e. The Morgan fingerprint density at radius 3 is 2.00 bits per heavy atom. The number of ether oxygens (including phenoxy) is 1. The van der Waals surface area contributed by atoms with Gasteiger partial charge in [-0.15, -0.1) is 0 Å². The molecule has 0 heterocycles. The number of aliphatic hydroxyl groups excluding tert-OH is 1. The van der Waals surface area contributed by atoms with E-state index in [0.29, 0.717) is 19.4 Å². The molecule has 0 saturated heterocycles. The molecule has 0 aromatic heterocycles. The fourth-order valence-electron chi connectivity index (χ4n) is 3.45. The SMILES string of the molecule is CCCCC(F)(F)CCCC1CCCC1.CCCCCCC(=O)O.CCOC(C)O. The molecule has 0 bridgehead atoms. The van der Waals surface area contributed by atoms with Crippen LogP contribution >= 0.6 is 0 Å². The number of carbonyl (C=O) groups is 1. The van der Waals surface area contributed by atoms with Crippen LogP contribution < -0.4 is 0 Å². The van der Waals surface area contributed by atoms with E-state index in [1.165, 1.54) is 32.1 Å². The molecule has 1 unspecified atom stereocenters. The Balaban J connectivity index is 0. The van der Waals surface area contributed by atoms with E-state index in [9.17, 15) is 13.6 Å². The number of carboxylic acids is 1. The highest BCUT2D eigenvalue weighted by Crippen LogP contribution is 2.32. The summed E-state index contributed by atoms with van der Waals surface area (Å²) in [5, 5.41) is 16.5. The van der Waals surface area contributed by atoms with Gasteiger partial charge >= 0.3 is 5.97 Å². The average Bonchev–Trinajstić information content (AvgIpc) is 3.18.